The first-order chi connectivity index (χ1) is 11.1. The Morgan fingerprint density at radius 2 is 1.70 bits per heavy atom. The molecular formula is C16H15BrN2O3S. The number of carbonyl (C=O) groups is 1. The van der Waals surface area contributed by atoms with Crippen molar-refractivity contribution in [1.82, 2.24) is 5.32 Å². The summed E-state index contributed by atoms with van der Waals surface area (Å²) in [5.41, 5.74) is 0.755. The van der Waals surface area contributed by atoms with Crippen LogP contribution >= 0.6 is 28.1 Å². The molecule has 0 heterocycles. The Hall–Kier alpha value is -2.12. The number of hydrogen-bond donors (Lipinski definition) is 2. The van der Waals surface area contributed by atoms with Crippen molar-refractivity contribution in [2.24, 2.45) is 0 Å². The van der Waals surface area contributed by atoms with E-state index in [1.807, 2.05) is 12.1 Å². The van der Waals surface area contributed by atoms with Gasteiger partial charge in [0.15, 0.2) is 11.7 Å². The summed E-state index contributed by atoms with van der Waals surface area (Å²) < 4.78 is 11.4. The highest BCUT2D eigenvalue weighted by Gasteiger charge is 2.06. The lowest BCUT2D eigenvalue weighted by Crippen LogP contribution is -2.37. The minimum Gasteiger partial charge on any atom is -0.497 e. The molecule has 0 saturated heterocycles. The lowest BCUT2D eigenvalue weighted by Gasteiger charge is -2.11. The van der Waals surface area contributed by atoms with E-state index in [-0.39, 0.29) is 17.6 Å². The molecule has 23 heavy (non-hydrogen) atoms. The van der Waals surface area contributed by atoms with Crippen LogP contribution in [0, 0.1) is 0 Å². The Kier molecular flexibility index (Phi) is 6.37. The van der Waals surface area contributed by atoms with Crippen LogP contribution in [0.15, 0.2) is 53.0 Å². The number of thiocarbonyl (C=S) groups is 1. The first-order valence-electron chi connectivity index (χ1n) is 6.70. The number of ether oxygens (including phenoxy) is 2. The van der Waals surface area contributed by atoms with Crippen molar-refractivity contribution in [3.8, 4) is 11.5 Å². The average Bonchev–Trinajstić information content (AvgIpc) is 2.55. The fourth-order valence-electron chi connectivity index (χ4n) is 1.68. The zero-order valence-electron chi connectivity index (χ0n) is 12.3. The van der Waals surface area contributed by atoms with Crippen LogP contribution < -0.4 is 20.1 Å². The lowest BCUT2D eigenvalue weighted by atomic mass is 10.3. The molecule has 2 N–H and O–H groups in total. The molecule has 0 aliphatic heterocycles. The zero-order chi connectivity index (χ0) is 16.7. The highest BCUT2D eigenvalue weighted by atomic mass is 79.9. The molecule has 0 aliphatic carbocycles. The summed E-state index contributed by atoms with van der Waals surface area (Å²) in [6.07, 6.45) is 0. The van der Waals surface area contributed by atoms with Crippen LogP contribution in [-0.2, 0) is 4.79 Å². The molecule has 2 aromatic rings. The van der Waals surface area contributed by atoms with Gasteiger partial charge in [0.05, 0.1) is 7.11 Å². The monoisotopic (exact) mass is 394 g/mol. The molecule has 0 saturated carbocycles. The molecule has 7 heteroatoms. The van der Waals surface area contributed by atoms with E-state index in [4.69, 9.17) is 21.7 Å². The van der Waals surface area contributed by atoms with Crippen LogP contribution in [0.5, 0.6) is 11.5 Å². The fourth-order valence-corrected chi connectivity index (χ4v) is 2.18. The van der Waals surface area contributed by atoms with Gasteiger partial charge in [-0.2, -0.15) is 0 Å². The van der Waals surface area contributed by atoms with Crippen molar-refractivity contribution in [3.63, 3.8) is 0 Å². The largest absolute Gasteiger partial charge is 0.497 e. The van der Waals surface area contributed by atoms with Gasteiger partial charge in [-0.15, -0.1) is 0 Å². The van der Waals surface area contributed by atoms with Crippen molar-refractivity contribution < 1.29 is 14.3 Å². The molecule has 0 spiro atoms. The van der Waals surface area contributed by atoms with Gasteiger partial charge in [-0.25, -0.2) is 0 Å². The van der Waals surface area contributed by atoms with Crippen LogP contribution in [0.4, 0.5) is 5.69 Å². The Morgan fingerprint density at radius 1 is 1.09 bits per heavy atom. The minimum atomic E-state index is -0.334. The van der Waals surface area contributed by atoms with Crippen LogP contribution in [0.2, 0.25) is 0 Å². The van der Waals surface area contributed by atoms with E-state index in [9.17, 15) is 4.79 Å². The Balaban J connectivity index is 1.77. The number of amides is 1. The van der Waals surface area contributed by atoms with Crippen molar-refractivity contribution in [2.45, 2.75) is 0 Å². The molecule has 5 nitrogen and oxygen atoms in total. The van der Waals surface area contributed by atoms with Gasteiger partial charge in [0.25, 0.3) is 5.91 Å². The standard InChI is InChI=1S/C16H15BrN2O3S/c1-21-13-8-4-12(5-9-13)18-16(23)19-15(20)10-22-14-6-2-11(17)3-7-14/h2-9H,10H2,1H3,(H2,18,19,20,23). The molecule has 120 valence electrons. The first kappa shape index (κ1) is 17.2. The lowest BCUT2D eigenvalue weighted by molar-refractivity contribution is -0.121. The van der Waals surface area contributed by atoms with Crippen LogP contribution in [0.25, 0.3) is 0 Å². The van der Waals surface area contributed by atoms with Crippen LogP contribution in [-0.4, -0.2) is 24.7 Å². The minimum absolute atomic E-state index is 0.119. The van der Waals surface area contributed by atoms with Gasteiger partial charge >= 0.3 is 0 Å². The molecule has 0 atom stereocenters. The van der Waals surface area contributed by atoms with E-state index >= 15 is 0 Å². The number of nitrogens with one attached hydrogen (secondary N) is 2. The van der Waals surface area contributed by atoms with Crippen molar-refractivity contribution in [1.29, 1.82) is 0 Å². The SMILES string of the molecule is COc1ccc(NC(=S)NC(=O)COc2ccc(Br)cc2)cc1. The van der Waals surface area contributed by atoms with E-state index in [1.165, 1.54) is 0 Å². The maximum atomic E-state index is 11.8. The van der Waals surface area contributed by atoms with E-state index in [0.29, 0.717) is 5.75 Å². The molecule has 0 aliphatic rings. The third-order valence-electron chi connectivity index (χ3n) is 2.78. The normalized spacial score (nSPS) is 9.83. The van der Waals surface area contributed by atoms with Crippen LogP contribution in [0.1, 0.15) is 0 Å². The van der Waals surface area contributed by atoms with Gasteiger partial charge in [-0.1, -0.05) is 15.9 Å². The average molecular weight is 395 g/mol. The third kappa shape index (κ3) is 5.88. The highest BCUT2D eigenvalue weighted by molar-refractivity contribution is 9.10. The first-order valence-corrected chi connectivity index (χ1v) is 7.90. The van der Waals surface area contributed by atoms with Gasteiger partial charge in [0.2, 0.25) is 0 Å². The molecule has 0 radical (unpaired) electrons. The molecule has 2 aromatic carbocycles. The fraction of sp³-hybridized carbons (Fsp3) is 0.125. The topological polar surface area (TPSA) is 59.6 Å². The van der Waals surface area contributed by atoms with Gasteiger partial charge < -0.3 is 14.8 Å². The van der Waals surface area contributed by atoms with Gasteiger partial charge in [-0.05, 0) is 60.7 Å². The second kappa shape index (κ2) is 8.50. The predicted octanol–water partition coefficient (Wildman–Crippen LogP) is 3.35. The second-order valence-corrected chi connectivity index (χ2v) is 5.80. The Labute approximate surface area is 148 Å². The van der Waals surface area contributed by atoms with E-state index in [0.717, 1.165) is 15.9 Å². The Morgan fingerprint density at radius 3 is 2.30 bits per heavy atom. The van der Waals surface area contributed by atoms with Crippen molar-refractivity contribution in [2.75, 3.05) is 19.0 Å². The maximum Gasteiger partial charge on any atom is 0.264 e. The number of carbonyl (C=O) groups excluding carboxylic acids is 1. The molecule has 0 bridgehead atoms. The van der Waals surface area contributed by atoms with Gasteiger partial charge in [-0.3, -0.25) is 10.1 Å². The maximum absolute atomic E-state index is 11.8. The number of rotatable bonds is 5. The summed E-state index contributed by atoms with van der Waals surface area (Å²) in [4.78, 5) is 11.8. The number of methoxy groups -OCH3 is 1. The van der Waals surface area contributed by atoms with Crippen molar-refractivity contribution in [3.05, 3.63) is 53.0 Å². The van der Waals surface area contributed by atoms with Gasteiger partial charge in [0, 0.05) is 10.2 Å². The molecule has 0 unspecified atom stereocenters. The number of hydrogen-bond acceptors (Lipinski definition) is 4. The highest BCUT2D eigenvalue weighted by Crippen LogP contribution is 2.16. The van der Waals surface area contributed by atoms with Crippen LogP contribution in [0.3, 0.4) is 0 Å². The van der Waals surface area contributed by atoms with Gasteiger partial charge in [0.1, 0.15) is 11.5 Å². The molecule has 1 amide bonds. The quantitative estimate of drug-likeness (QED) is 0.761. The molecular weight excluding hydrogens is 380 g/mol. The third-order valence-corrected chi connectivity index (χ3v) is 3.52. The number of benzene rings is 2. The summed E-state index contributed by atoms with van der Waals surface area (Å²) in [7, 11) is 1.60. The smallest absolute Gasteiger partial charge is 0.264 e. The summed E-state index contributed by atoms with van der Waals surface area (Å²) in [6, 6.07) is 14.4. The van der Waals surface area contributed by atoms with E-state index < -0.39 is 0 Å². The summed E-state index contributed by atoms with van der Waals surface area (Å²) in [6.45, 7) is -0.119. The second-order valence-electron chi connectivity index (χ2n) is 4.47. The molecule has 0 aromatic heterocycles. The molecule has 2 rings (SSSR count). The predicted molar refractivity (Wildman–Crippen MR) is 97.0 cm³/mol. The van der Waals surface area contributed by atoms with Crippen molar-refractivity contribution >= 4 is 44.9 Å². The summed E-state index contributed by atoms with van der Waals surface area (Å²) >= 11 is 8.42. The number of halogens is 1. The number of anilines is 1. The Bertz CT molecular complexity index is 675. The molecule has 0 fully saturated rings. The van der Waals surface area contributed by atoms with E-state index in [2.05, 4.69) is 26.6 Å². The zero-order valence-corrected chi connectivity index (χ0v) is 14.7. The van der Waals surface area contributed by atoms with E-state index in [1.54, 1.807) is 43.5 Å². The summed E-state index contributed by atoms with van der Waals surface area (Å²) in [5.74, 6) is 1.02. The summed E-state index contributed by atoms with van der Waals surface area (Å²) in [5, 5.41) is 5.67.